The van der Waals surface area contributed by atoms with Crippen molar-refractivity contribution < 1.29 is 14.8 Å². The van der Waals surface area contributed by atoms with E-state index in [0.717, 1.165) is 42.6 Å². The van der Waals surface area contributed by atoms with Gasteiger partial charge in [-0.25, -0.2) is 0 Å². The second-order valence-corrected chi connectivity index (χ2v) is 8.89. The third kappa shape index (κ3) is 5.93. The molecule has 0 spiro atoms. The van der Waals surface area contributed by atoms with Gasteiger partial charge in [-0.1, -0.05) is 60.7 Å². The maximum atomic E-state index is 13.0. The van der Waals surface area contributed by atoms with Gasteiger partial charge in [0, 0.05) is 38.3 Å². The summed E-state index contributed by atoms with van der Waals surface area (Å²) in [6.07, 6.45) is 1.93. The highest BCUT2D eigenvalue weighted by Crippen LogP contribution is 2.29. The van der Waals surface area contributed by atoms with Crippen molar-refractivity contribution in [3.63, 3.8) is 0 Å². The molecular weight excluding hydrogens is 425 g/mol. The molecular formula is C27H32BN3O3. The predicted octanol–water partition coefficient (Wildman–Crippen LogP) is 2.13. The molecule has 6 nitrogen and oxygen atoms in total. The van der Waals surface area contributed by atoms with Crippen LogP contribution in [0.1, 0.15) is 51.4 Å². The minimum atomic E-state index is -1.48. The molecule has 34 heavy (non-hydrogen) atoms. The van der Waals surface area contributed by atoms with Gasteiger partial charge in [0.05, 0.1) is 0 Å². The van der Waals surface area contributed by atoms with Gasteiger partial charge in [0.25, 0.3) is 5.91 Å². The summed E-state index contributed by atoms with van der Waals surface area (Å²) in [7, 11) is -1.48. The van der Waals surface area contributed by atoms with Crippen molar-refractivity contribution in [1.29, 1.82) is 0 Å². The molecule has 5 N–H and O–H groups in total. The Hall–Kier alpha value is -2.97. The molecule has 0 radical (unpaired) electrons. The van der Waals surface area contributed by atoms with Crippen molar-refractivity contribution in [2.75, 3.05) is 13.1 Å². The standard InChI is InChI=1S/C27H32BN3O3/c29-17-21-4-3-6-24(16-21)22-12-14-31(15-13-22)27(32)23-10-8-20(9-11-23)18-30-19-25-5-1-2-7-26(25)28(33)34/h1-11,16,22,30,33-34H,12-15,17-19,29H2. The third-order valence-corrected chi connectivity index (χ3v) is 6.62. The number of hydrogen-bond donors (Lipinski definition) is 4. The molecule has 3 aromatic rings. The van der Waals surface area contributed by atoms with E-state index in [9.17, 15) is 14.8 Å². The molecule has 0 aliphatic carbocycles. The zero-order chi connectivity index (χ0) is 23.9. The van der Waals surface area contributed by atoms with Crippen molar-refractivity contribution in [1.82, 2.24) is 10.2 Å². The minimum Gasteiger partial charge on any atom is -0.423 e. The number of carbonyl (C=O) groups excluding carboxylic acids is 1. The highest BCUT2D eigenvalue weighted by molar-refractivity contribution is 6.59. The summed E-state index contributed by atoms with van der Waals surface area (Å²) < 4.78 is 0. The first-order valence-corrected chi connectivity index (χ1v) is 11.9. The van der Waals surface area contributed by atoms with Crippen LogP contribution in [0.15, 0.2) is 72.8 Å². The lowest BCUT2D eigenvalue weighted by atomic mass is 9.77. The largest absolute Gasteiger partial charge is 0.488 e. The van der Waals surface area contributed by atoms with Gasteiger partial charge in [0.2, 0.25) is 0 Å². The van der Waals surface area contributed by atoms with Gasteiger partial charge in [0.1, 0.15) is 0 Å². The Morgan fingerprint density at radius 2 is 1.68 bits per heavy atom. The number of amides is 1. The van der Waals surface area contributed by atoms with E-state index in [1.54, 1.807) is 12.1 Å². The molecule has 0 saturated carbocycles. The molecule has 4 rings (SSSR count). The lowest BCUT2D eigenvalue weighted by Gasteiger charge is -2.32. The van der Waals surface area contributed by atoms with Crippen LogP contribution in [0.3, 0.4) is 0 Å². The van der Waals surface area contributed by atoms with E-state index in [1.807, 2.05) is 41.3 Å². The monoisotopic (exact) mass is 457 g/mol. The summed E-state index contributed by atoms with van der Waals surface area (Å²) in [6.45, 7) is 3.22. The van der Waals surface area contributed by atoms with E-state index in [0.29, 0.717) is 36.6 Å². The molecule has 1 saturated heterocycles. The second kappa shape index (κ2) is 11.4. The van der Waals surface area contributed by atoms with Gasteiger partial charge in [-0.15, -0.1) is 0 Å². The Bertz CT molecular complexity index is 1100. The number of nitrogens with zero attached hydrogens (tertiary/aromatic N) is 1. The second-order valence-electron chi connectivity index (χ2n) is 8.89. The number of hydrogen-bond acceptors (Lipinski definition) is 5. The number of carbonyl (C=O) groups is 1. The quantitative estimate of drug-likeness (QED) is 0.389. The number of nitrogens with one attached hydrogen (secondary N) is 1. The van der Waals surface area contributed by atoms with Gasteiger partial charge in [-0.05, 0) is 58.6 Å². The maximum Gasteiger partial charge on any atom is 0.488 e. The van der Waals surface area contributed by atoms with Crippen LogP contribution >= 0.6 is 0 Å². The van der Waals surface area contributed by atoms with E-state index >= 15 is 0 Å². The molecule has 1 heterocycles. The topological polar surface area (TPSA) is 98.8 Å². The number of likely N-dealkylation sites (tertiary alicyclic amines) is 1. The first-order chi connectivity index (χ1) is 16.5. The first-order valence-electron chi connectivity index (χ1n) is 11.9. The van der Waals surface area contributed by atoms with E-state index in [1.165, 1.54) is 5.56 Å². The van der Waals surface area contributed by atoms with Crippen LogP contribution < -0.4 is 16.5 Å². The summed E-state index contributed by atoms with van der Waals surface area (Å²) in [5, 5.41) is 22.3. The molecule has 176 valence electrons. The Kier molecular flexibility index (Phi) is 8.14. The molecule has 1 aliphatic heterocycles. The minimum absolute atomic E-state index is 0.0829. The van der Waals surface area contributed by atoms with Crippen LogP contribution in [-0.2, 0) is 19.6 Å². The van der Waals surface area contributed by atoms with Gasteiger partial charge in [0.15, 0.2) is 0 Å². The fourth-order valence-electron chi connectivity index (χ4n) is 4.63. The number of piperidine rings is 1. The smallest absolute Gasteiger partial charge is 0.423 e. The summed E-state index contributed by atoms with van der Waals surface area (Å²) in [5.41, 5.74) is 11.4. The fourth-order valence-corrected chi connectivity index (χ4v) is 4.63. The summed E-state index contributed by atoms with van der Waals surface area (Å²) in [5.74, 6) is 0.556. The molecule has 0 unspecified atom stereocenters. The zero-order valence-corrected chi connectivity index (χ0v) is 19.4. The Morgan fingerprint density at radius 1 is 0.941 bits per heavy atom. The SMILES string of the molecule is NCc1cccc(C2CCN(C(=O)c3ccc(CNCc4ccccc4B(O)O)cc3)CC2)c1. The molecule has 3 aromatic carbocycles. The molecule has 0 bridgehead atoms. The fraction of sp³-hybridized carbons (Fsp3) is 0.296. The third-order valence-electron chi connectivity index (χ3n) is 6.62. The predicted molar refractivity (Wildman–Crippen MR) is 135 cm³/mol. The van der Waals surface area contributed by atoms with Crippen molar-refractivity contribution >= 4 is 18.5 Å². The van der Waals surface area contributed by atoms with Crippen molar-refractivity contribution in [3.05, 3.63) is 101 Å². The first kappa shape index (κ1) is 24.2. The zero-order valence-electron chi connectivity index (χ0n) is 19.4. The number of benzene rings is 3. The van der Waals surface area contributed by atoms with Crippen LogP contribution in [0.4, 0.5) is 0 Å². The summed E-state index contributed by atoms with van der Waals surface area (Å²) in [6, 6.07) is 23.5. The summed E-state index contributed by atoms with van der Waals surface area (Å²) >= 11 is 0. The van der Waals surface area contributed by atoms with Crippen molar-refractivity contribution in [2.45, 2.75) is 38.4 Å². The van der Waals surface area contributed by atoms with Crippen molar-refractivity contribution in [2.24, 2.45) is 5.73 Å². The molecule has 0 aromatic heterocycles. The highest BCUT2D eigenvalue weighted by atomic mass is 16.4. The van der Waals surface area contributed by atoms with E-state index in [4.69, 9.17) is 5.73 Å². The van der Waals surface area contributed by atoms with E-state index in [-0.39, 0.29) is 5.91 Å². The average Bonchev–Trinajstić information content (AvgIpc) is 2.89. The van der Waals surface area contributed by atoms with Crippen LogP contribution in [0.2, 0.25) is 0 Å². The lowest BCUT2D eigenvalue weighted by molar-refractivity contribution is 0.0713. The molecule has 1 aliphatic rings. The van der Waals surface area contributed by atoms with Gasteiger partial charge >= 0.3 is 7.12 Å². The lowest BCUT2D eigenvalue weighted by Crippen LogP contribution is -2.37. The highest BCUT2D eigenvalue weighted by Gasteiger charge is 2.24. The molecule has 1 amide bonds. The van der Waals surface area contributed by atoms with Crippen LogP contribution in [-0.4, -0.2) is 41.1 Å². The Balaban J connectivity index is 1.28. The molecule has 7 heteroatoms. The Morgan fingerprint density at radius 3 is 2.38 bits per heavy atom. The summed E-state index contributed by atoms with van der Waals surface area (Å²) in [4.78, 5) is 15.0. The maximum absolute atomic E-state index is 13.0. The average molecular weight is 457 g/mol. The van der Waals surface area contributed by atoms with Gasteiger partial charge in [-0.2, -0.15) is 0 Å². The Labute approximate surface area is 201 Å². The molecule has 0 atom stereocenters. The normalized spacial score (nSPS) is 14.3. The van der Waals surface area contributed by atoms with E-state index < -0.39 is 7.12 Å². The number of rotatable bonds is 8. The number of nitrogens with two attached hydrogens (primary N) is 1. The van der Waals surface area contributed by atoms with E-state index in [2.05, 4.69) is 29.6 Å². The van der Waals surface area contributed by atoms with Crippen LogP contribution in [0.25, 0.3) is 0 Å². The van der Waals surface area contributed by atoms with Crippen LogP contribution in [0, 0.1) is 0 Å². The van der Waals surface area contributed by atoms with Crippen LogP contribution in [0.5, 0.6) is 0 Å². The van der Waals surface area contributed by atoms with Gasteiger partial charge in [-0.3, -0.25) is 4.79 Å². The van der Waals surface area contributed by atoms with Gasteiger partial charge < -0.3 is 26.0 Å². The van der Waals surface area contributed by atoms with Crippen molar-refractivity contribution in [3.8, 4) is 0 Å². The molecule has 1 fully saturated rings.